The number of benzene rings is 1. The molecule has 1 rings (SSSR count). The second kappa shape index (κ2) is 7.55. The number of amides is 1. The summed E-state index contributed by atoms with van der Waals surface area (Å²) in [5.41, 5.74) is 0.650. The Bertz CT molecular complexity index is 601. The third kappa shape index (κ3) is 4.24. The van der Waals surface area contributed by atoms with E-state index in [9.17, 15) is 19.2 Å². The maximum absolute atomic E-state index is 11.7. The van der Waals surface area contributed by atoms with Crippen LogP contribution in [0, 0.1) is 17.2 Å². The lowest BCUT2D eigenvalue weighted by atomic mass is 10.1. The maximum Gasteiger partial charge on any atom is 0.324 e. The number of hydrogen-bond donors (Lipinski definition) is 1. The highest BCUT2D eigenvalue weighted by Crippen LogP contribution is 2.10. The van der Waals surface area contributed by atoms with E-state index in [1.807, 2.05) is 6.07 Å². The first-order chi connectivity index (χ1) is 10.0. The minimum Gasteiger partial charge on any atom is -0.465 e. The number of Topliss-reactive ketones (excluding diaryl/α,β-unsaturated/α-hetero) is 1. The van der Waals surface area contributed by atoms with E-state index in [1.165, 1.54) is 31.2 Å². The molecule has 108 valence electrons. The van der Waals surface area contributed by atoms with Gasteiger partial charge in [0.05, 0.1) is 18.2 Å². The molecule has 0 saturated carbocycles. The Morgan fingerprint density at radius 2 is 1.95 bits per heavy atom. The number of anilines is 1. The van der Waals surface area contributed by atoms with Crippen LogP contribution in [0.5, 0.6) is 0 Å². The lowest BCUT2D eigenvalue weighted by molar-refractivity contribution is -0.154. The van der Waals surface area contributed by atoms with Crippen LogP contribution in [0.2, 0.25) is 0 Å². The monoisotopic (exact) mass is 288 g/mol. The summed E-state index contributed by atoms with van der Waals surface area (Å²) in [6, 6.07) is 7.63. The predicted octanol–water partition coefficient (Wildman–Crippen LogP) is 0.444. The number of esters is 1. The summed E-state index contributed by atoms with van der Waals surface area (Å²) < 4.78 is 4.54. The van der Waals surface area contributed by atoms with Crippen molar-refractivity contribution < 1.29 is 23.9 Å². The zero-order valence-electron chi connectivity index (χ0n) is 11.2. The second-order valence-corrected chi connectivity index (χ2v) is 3.87. The topological polar surface area (TPSA) is 113 Å². The number of ether oxygens (including phenoxy) is 1. The molecule has 1 N–H and O–H groups in total. The zero-order chi connectivity index (χ0) is 15.8. The standard InChI is InChI=1S/C14H12N2O5/c1-2-21-14(20)11(8-17)12(18)13(19)16-10-5-3-9(7-15)4-6-10/h3-6,8,11H,2H2,1H3,(H,16,19). The van der Waals surface area contributed by atoms with Crippen LogP contribution >= 0.6 is 0 Å². The molecule has 0 fully saturated rings. The molecule has 1 aromatic carbocycles. The Labute approximate surface area is 120 Å². The van der Waals surface area contributed by atoms with Crippen molar-refractivity contribution in [1.29, 1.82) is 5.26 Å². The Hall–Kier alpha value is -3.01. The van der Waals surface area contributed by atoms with Crippen LogP contribution in [0.1, 0.15) is 12.5 Å². The molecule has 0 spiro atoms. The summed E-state index contributed by atoms with van der Waals surface area (Å²) in [6.07, 6.45) is 0.0681. The van der Waals surface area contributed by atoms with Gasteiger partial charge in [0.2, 0.25) is 5.78 Å². The molecule has 0 bridgehead atoms. The molecule has 7 nitrogen and oxygen atoms in total. The smallest absolute Gasteiger partial charge is 0.324 e. The van der Waals surface area contributed by atoms with Gasteiger partial charge < -0.3 is 14.8 Å². The SMILES string of the molecule is CCOC(=O)C(C=O)C(=O)C(=O)Nc1ccc(C#N)cc1. The van der Waals surface area contributed by atoms with Crippen molar-refractivity contribution in [2.75, 3.05) is 11.9 Å². The van der Waals surface area contributed by atoms with Gasteiger partial charge in [0.25, 0.3) is 5.91 Å². The largest absolute Gasteiger partial charge is 0.465 e. The molecule has 7 heteroatoms. The fourth-order valence-corrected chi connectivity index (χ4v) is 1.42. The van der Waals surface area contributed by atoms with Crippen molar-refractivity contribution in [2.24, 2.45) is 5.92 Å². The average Bonchev–Trinajstić information content (AvgIpc) is 2.48. The first-order valence-corrected chi connectivity index (χ1v) is 6.00. The van der Waals surface area contributed by atoms with Gasteiger partial charge in [-0.25, -0.2) is 0 Å². The van der Waals surface area contributed by atoms with Gasteiger partial charge in [0.1, 0.15) is 6.29 Å². The van der Waals surface area contributed by atoms with Gasteiger partial charge in [-0.1, -0.05) is 0 Å². The van der Waals surface area contributed by atoms with E-state index in [0.29, 0.717) is 5.56 Å². The van der Waals surface area contributed by atoms with Gasteiger partial charge >= 0.3 is 5.97 Å². The number of aldehydes is 1. The lowest BCUT2D eigenvalue weighted by Crippen LogP contribution is -2.36. The van der Waals surface area contributed by atoms with Gasteiger partial charge in [-0.05, 0) is 31.2 Å². The maximum atomic E-state index is 11.7. The Balaban J connectivity index is 2.77. The highest BCUT2D eigenvalue weighted by atomic mass is 16.5. The molecule has 0 aromatic heterocycles. The quantitative estimate of drug-likeness (QED) is 0.352. The van der Waals surface area contributed by atoms with Crippen LogP contribution in [0.3, 0.4) is 0 Å². The number of rotatable bonds is 6. The van der Waals surface area contributed by atoms with E-state index >= 15 is 0 Å². The van der Waals surface area contributed by atoms with Crippen LogP contribution in [0.4, 0.5) is 5.69 Å². The van der Waals surface area contributed by atoms with E-state index in [4.69, 9.17) is 5.26 Å². The summed E-state index contributed by atoms with van der Waals surface area (Å²) in [5.74, 6) is -5.14. The third-order valence-electron chi connectivity index (χ3n) is 2.45. The first-order valence-electron chi connectivity index (χ1n) is 6.00. The van der Waals surface area contributed by atoms with Crippen molar-refractivity contribution in [1.82, 2.24) is 0 Å². The molecule has 0 aliphatic carbocycles. The number of hydrogen-bond acceptors (Lipinski definition) is 6. The fraction of sp³-hybridized carbons (Fsp3) is 0.214. The van der Waals surface area contributed by atoms with Gasteiger partial charge in [0.15, 0.2) is 5.92 Å². The summed E-state index contributed by atoms with van der Waals surface area (Å²) in [7, 11) is 0. The van der Waals surface area contributed by atoms with E-state index in [1.54, 1.807) is 0 Å². The van der Waals surface area contributed by atoms with Gasteiger partial charge in [-0.2, -0.15) is 5.26 Å². The van der Waals surface area contributed by atoms with Crippen molar-refractivity contribution in [3.63, 3.8) is 0 Å². The van der Waals surface area contributed by atoms with E-state index in [-0.39, 0.29) is 18.6 Å². The number of ketones is 1. The van der Waals surface area contributed by atoms with Crippen LogP contribution < -0.4 is 5.32 Å². The van der Waals surface area contributed by atoms with Crippen molar-refractivity contribution in [3.05, 3.63) is 29.8 Å². The highest BCUT2D eigenvalue weighted by Gasteiger charge is 2.32. The van der Waals surface area contributed by atoms with E-state index in [0.717, 1.165) is 0 Å². The Kier molecular flexibility index (Phi) is 5.77. The molecule has 0 radical (unpaired) electrons. The zero-order valence-corrected chi connectivity index (χ0v) is 11.2. The molecule has 0 saturated heterocycles. The molecule has 0 aliphatic rings. The predicted molar refractivity (Wildman–Crippen MR) is 71.0 cm³/mol. The van der Waals surface area contributed by atoms with E-state index in [2.05, 4.69) is 10.1 Å². The van der Waals surface area contributed by atoms with Crippen molar-refractivity contribution in [2.45, 2.75) is 6.92 Å². The second-order valence-electron chi connectivity index (χ2n) is 3.87. The lowest BCUT2D eigenvalue weighted by Gasteiger charge is -2.09. The number of carbonyl (C=O) groups excluding carboxylic acids is 4. The van der Waals surface area contributed by atoms with Crippen LogP contribution in [-0.4, -0.2) is 30.6 Å². The Morgan fingerprint density at radius 3 is 2.43 bits per heavy atom. The third-order valence-corrected chi connectivity index (χ3v) is 2.45. The highest BCUT2D eigenvalue weighted by molar-refractivity contribution is 6.46. The summed E-state index contributed by atoms with van der Waals surface area (Å²) in [4.78, 5) is 45.5. The van der Waals surface area contributed by atoms with Gasteiger partial charge in [-0.15, -0.1) is 0 Å². The molecule has 0 heterocycles. The minimum absolute atomic E-state index is 0.00626. The summed E-state index contributed by atoms with van der Waals surface area (Å²) in [6.45, 7) is 1.51. The molecule has 0 aliphatic heterocycles. The molecular formula is C14H12N2O5. The van der Waals surface area contributed by atoms with Crippen molar-refractivity contribution >= 4 is 29.6 Å². The summed E-state index contributed by atoms with van der Waals surface area (Å²) in [5, 5.41) is 10.9. The van der Waals surface area contributed by atoms with E-state index < -0.39 is 23.6 Å². The van der Waals surface area contributed by atoms with Crippen LogP contribution in [0.15, 0.2) is 24.3 Å². The van der Waals surface area contributed by atoms with Crippen LogP contribution in [-0.2, 0) is 23.9 Å². The number of nitrogens with one attached hydrogen (secondary N) is 1. The average molecular weight is 288 g/mol. The molecule has 1 unspecified atom stereocenters. The Morgan fingerprint density at radius 1 is 1.33 bits per heavy atom. The number of nitriles is 1. The number of carbonyl (C=O) groups is 4. The normalized spacial score (nSPS) is 10.9. The molecule has 1 aromatic rings. The number of nitrogens with zero attached hydrogens (tertiary/aromatic N) is 1. The minimum atomic E-state index is -1.77. The van der Waals surface area contributed by atoms with Crippen molar-refractivity contribution in [3.8, 4) is 6.07 Å². The molecular weight excluding hydrogens is 276 g/mol. The van der Waals surface area contributed by atoms with Gasteiger partial charge in [0, 0.05) is 5.69 Å². The molecule has 1 atom stereocenters. The first kappa shape index (κ1) is 16.0. The fourth-order valence-electron chi connectivity index (χ4n) is 1.42. The van der Waals surface area contributed by atoms with Crippen LogP contribution in [0.25, 0.3) is 0 Å². The molecule has 21 heavy (non-hydrogen) atoms. The van der Waals surface area contributed by atoms with Gasteiger partial charge in [-0.3, -0.25) is 14.4 Å². The summed E-state index contributed by atoms with van der Waals surface area (Å²) >= 11 is 0. The molecule has 1 amide bonds.